The van der Waals surface area contributed by atoms with Crippen LogP contribution in [0.1, 0.15) is 53.4 Å². The van der Waals surface area contributed by atoms with Crippen molar-refractivity contribution < 1.29 is 0 Å². The Balaban J connectivity index is 1.92. The number of nitrogens with zero attached hydrogens (tertiary/aromatic N) is 2. The molecular weight excluding hydrogens is 196 g/mol. The minimum Gasteiger partial charge on any atom is -0.292 e. The first-order valence-corrected chi connectivity index (χ1v) is 7.16. The summed E-state index contributed by atoms with van der Waals surface area (Å²) in [5, 5.41) is 0. The van der Waals surface area contributed by atoms with E-state index in [2.05, 4.69) is 37.5 Å². The van der Waals surface area contributed by atoms with Gasteiger partial charge < -0.3 is 0 Å². The van der Waals surface area contributed by atoms with E-state index in [0.29, 0.717) is 0 Å². The minimum atomic E-state index is 0.745. The summed E-state index contributed by atoms with van der Waals surface area (Å²) in [6.45, 7) is 9.54. The largest absolute Gasteiger partial charge is 0.292 e. The number of piperazine rings is 1. The van der Waals surface area contributed by atoms with Crippen molar-refractivity contribution in [2.75, 3.05) is 0 Å². The van der Waals surface area contributed by atoms with Crippen molar-refractivity contribution in [2.45, 2.75) is 89.6 Å². The Hall–Kier alpha value is -0.0800. The van der Waals surface area contributed by atoms with Gasteiger partial charge in [-0.3, -0.25) is 9.80 Å². The zero-order chi connectivity index (χ0) is 11.4. The molecular formula is C14H26N2. The Labute approximate surface area is 100.0 Å². The van der Waals surface area contributed by atoms with Crippen LogP contribution < -0.4 is 0 Å². The molecule has 0 saturated carbocycles. The Bertz CT molecular complexity index is 226. The summed E-state index contributed by atoms with van der Waals surface area (Å²) in [6.07, 6.45) is 5.81. The van der Waals surface area contributed by atoms with Crippen molar-refractivity contribution in [2.24, 2.45) is 0 Å². The van der Waals surface area contributed by atoms with Gasteiger partial charge in [0.25, 0.3) is 0 Å². The van der Waals surface area contributed by atoms with Crippen molar-refractivity contribution in [3.05, 3.63) is 0 Å². The van der Waals surface area contributed by atoms with Gasteiger partial charge >= 0.3 is 0 Å². The van der Waals surface area contributed by atoms with E-state index in [1.54, 1.807) is 0 Å². The maximum atomic E-state index is 2.85. The van der Waals surface area contributed by atoms with Crippen LogP contribution in [0.3, 0.4) is 0 Å². The summed E-state index contributed by atoms with van der Waals surface area (Å²) in [5.41, 5.74) is 0. The fourth-order valence-corrected chi connectivity index (χ4v) is 4.87. The summed E-state index contributed by atoms with van der Waals surface area (Å²) in [7, 11) is 0. The van der Waals surface area contributed by atoms with E-state index in [0.717, 1.165) is 36.3 Å². The van der Waals surface area contributed by atoms with Gasteiger partial charge in [0, 0.05) is 36.3 Å². The molecule has 3 aliphatic rings. The van der Waals surface area contributed by atoms with Crippen molar-refractivity contribution in [3.63, 3.8) is 0 Å². The van der Waals surface area contributed by atoms with E-state index < -0.39 is 0 Å². The van der Waals surface area contributed by atoms with Gasteiger partial charge in [0.1, 0.15) is 0 Å². The molecule has 4 atom stereocenters. The Morgan fingerprint density at radius 2 is 0.875 bits per heavy atom. The van der Waals surface area contributed by atoms with Crippen LogP contribution in [0.5, 0.6) is 0 Å². The highest BCUT2D eigenvalue weighted by Gasteiger charge is 2.55. The Kier molecular flexibility index (Phi) is 2.56. The van der Waals surface area contributed by atoms with Crippen molar-refractivity contribution in [1.29, 1.82) is 0 Å². The molecule has 3 fully saturated rings. The molecule has 0 amide bonds. The van der Waals surface area contributed by atoms with Crippen molar-refractivity contribution in [3.8, 4) is 0 Å². The maximum Gasteiger partial charge on any atom is 0.0258 e. The molecule has 16 heavy (non-hydrogen) atoms. The van der Waals surface area contributed by atoms with Crippen molar-refractivity contribution in [1.82, 2.24) is 9.80 Å². The lowest BCUT2D eigenvalue weighted by Crippen LogP contribution is -2.63. The normalized spacial score (nSPS) is 43.9. The molecule has 3 rings (SSSR count). The van der Waals surface area contributed by atoms with Crippen LogP contribution >= 0.6 is 0 Å². The molecule has 0 N–H and O–H groups in total. The summed E-state index contributed by atoms with van der Waals surface area (Å²) < 4.78 is 0. The topological polar surface area (TPSA) is 6.48 Å². The monoisotopic (exact) mass is 222 g/mol. The molecule has 2 heteroatoms. The van der Waals surface area contributed by atoms with E-state index in [-0.39, 0.29) is 0 Å². The van der Waals surface area contributed by atoms with Crippen LogP contribution in [0.4, 0.5) is 0 Å². The second-order valence-electron chi connectivity index (χ2n) is 6.51. The zero-order valence-corrected chi connectivity index (χ0v) is 11.2. The highest BCUT2D eigenvalue weighted by Crippen LogP contribution is 2.47. The lowest BCUT2D eigenvalue weighted by molar-refractivity contribution is -0.0250. The average molecular weight is 222 g/mol. The fourth-order valence-electron chi connectivity index (χ4n) is 4.87. The third kappa shape index (κ3) is 1.32. The highest BCUT2D eigenvalue weighted by molar-refractivity contribution is 5.12. The molecule has 0 radical (unpaired) electrons. The summed E-state index contributed by atoms with van der Waals surface area (Å²) in [6, 6.07) is 4.96. The number of hydrogen-bond donors (Lipinski definition) is 0. The number of fused-ring (bicyclic) bond motifs is 6. The highest BCUT2D eigenvalue weighted by atomic mass is 15.4. The number of rotatable bonds is 2. The first-order valence-electron chi connectivity index (χ1n) is 7.16. The standard InChI is InChI=1S/C14H26N2/c1-9(2)15-11-5-6-12(15)14-8-7-13(11)16(14)10(3)4/h9-14H,5-8H2,1-4H3. The molecule has 2 nitrogen and oxygen atoms in total. The molecule has 3 heterocycles. The molecule has 92 valence electrons. The maximum absolute atomic E-state index is 2.85. The van der Waals surface area contributed by atoms with Gasteiger partial charge in [0.15, 0.2) is 0 Å². The Morgan fingerprint density at radius 1 is 0.625 bits per heavy atom. The SMILES string of the molecule is CC(C)N1C2CCC1C1CCC2N1C(C)C. The first kappa shape index (κ1) is 11.0. The average Bonchev–Trinajstić information content (AvgIpc) is 2.68. The van der Waals surface area contributed by atoms with Crippen molar-refractivity contribution >= 4 is 0 Å². The van der Waals surface area contributed by atoms with Gasteiger partial charge in [-0.15, -0.1) is 0 Å². The summed E-state index contributed by atoms with van der Waals surface area (Å²) in [4.78, 5) is 5.70. The quantitative estimate of drug-likeness (QED) is 0.708. The summed E-state index contributed by atoms with van der Waals surface area (Å²) in [5.74, 6) is 0. The van der Waals surface area contributed by atoms with Crippen LogP contribution in [-0.4, -0.2) is 46.1 Å². The zero-order valence-electron chi connectivity index (χ0n) is 11.2. The van der Waals surface area contributed by atoms with Crippen LogP contribution in [0.25, 0.3) is 0 Å². The smallest absolute Gasteiger partial charge is 0.0258 e. The van der Waals surface area contributed by atoms with E-state index in [4.69, 9.17) is 0 Å². The van der Waals surface area contributed by atoms with Crippen LogP contribution in [-0.2, 0) is 0 Å². The molecule has 0 aliphatic carbocycles. The van der Waals surface area contributed by atoms with E-state index >= 15 is 0 Å². The molecule has 0 aromatic heterocycles. The van der Waals surface area contributed by atoms with Crippen LogP contribution in [0.2, 0.25) is 0 Å². The molecule has 4 bridgehead atoms. The van der Waals surface area contributed by atoms with Gasteiger partial charge in [-0.05, 0) is 53.4 Å². The van der Waals surface area contributed by atoms with E-state index in [1.807, 2.05) is 0 Å². The van der Waals surface area contributed by atoms with Crippen LogP contribution in [0.15, 0.2) is 0 Å². The van der Waals surface area contributed by atoms with Crippen LogP contribution in [0, 0.1) is 0 Å². The first-order chi connectivity index (χ1) is 7.61. The third-order valence-corrected chi connectivity index (χ3v) is 5.13. The fraction of sp³-hybridized carbons (Fsp3) is 1.00. The van der Waals surface area contributed by atoms with Gasteiger partial charge in [-0.2, -0.15) is 0 Å². The third-order valence-electron chi connectivity index (χ3n) is 5.13. The lowest BCUT2D eigenvalue weighted by Gasteiger charge is -2.50. The molecule has 0 aromatic carbocycles. The number of hydrogen-bond acceptors (Lipinski definition) is 2. The van der Waals surface area contributed by atoms with Gasteiger partial charge in [-0.1, -0.05) is 0 Å². The summed E-state index contributed by atoms with van der Waals surface area (Å²) >= 11 is 0. The molecule has 0 spiro atoms. The van der Waals surface area contributed by atoms with E-state index in [9.17, 15) is 0 Å². The molecule has 0 aromatic rings. The van der Waals surface area contributed by atoms with E-state index in [1.165, 1.54) is 25.7 Å². The van der Waals surface area contributed by atoms with Gasteiger partial charge in [-0.25, -0.2) is 0 Å². The predicted octanol–water partition coefficient (Wildman–Crippen LogP) is 2.48. The predicted molar refractivity (Wildman–Crippen MR) is 67.6 cm³/mol. The molecule has 4 unspecified atom stereocenters. The van der Waals surface area contributed by atoms with Gasteiger partial charge in [0.05, 0.1) is 0 Å². The minimum absolute atomic E-state index is 0.745. The molecule has 3 aliphatic heterocycles. The second-order valence-corrected chi connectivity index (χ2v) is 6.51. The lowest BCUT2D eigenvalue weighted by atomic mass is 10.0. The second kappa shape index (κ2) is 3.71. The van der Waals surface area contributed by atoms with Gasteiger partial charge in [0.2, 0.25) is 0 Å². The molecule has 3 saturated heterocycles. The Morgan fingerprint density at radius 3 is 1.06 bits per heavy atom.